The van der Waals surface area contributed by atoms with E-state index in [9.17, 15) is 9.59 Å². The number of methoxy groups -OCH3 is 2. The molecule has 0 radical (unpaired) electrons. The van der Waals surface area contributed by atoms with Crippen LogP contribution < -0.4 is 14.8 Å². The smallest absolute Gasteiger partial charge is 0.341 e. The Morgan fingerprint density at radius 1 is 1.24 bits per heavy atom. The number of rotatable bonds is 8. The van der Waals surface area contributed by atoms with Gasteiger partial charge in [-0.05, 0) is 56.0 Å². The molecule has 1 amide bonds. The van der Waals surface area contributed by atoms with Gasteiger partial charge >= 0.3 is 5.97 Å². The Kier molecular flexibility index (Phi) is 7.11. The van der Waals surface area contributed by atoms with Crippen LogP contribution in [0.15, 0.2) is 29.6 Å². The van der Waals surface area contributed by atoms with Gasteiger partial charge in [-0.25, -0.2) is 4.79 Å². The van der Waals surface area contributed by atoms with Crippen LogP contribution in [0.1, 0.15) is 41.7 Å². The second kappa shape index (κ2) is 9.76. The summed E-state index contributed by atoms with van der Waals surface area (Å²) in [4.78, 5) is 26.8. The number of ether oxygens (including phenoxy) is 3. The third kappa shape index (κ3) is 4.89. The number of nitrogens with one attached hydrogen (secondary N) is 1. The molecule has 3 rings (SSSR count). The van der Waals surface area contributed by atoms with E-state index in [1.807, 2.05) is 18.2 Å². The third-order valence-corrected chi connectivity index (χ3v) is 5.75. The molecule has 2 heterocycles. The van der Waals surface area contributed by atoms with Crippen molar-refractivity contribution in [2.24, 2.45) is 0 Å². The standard InChI is InChI=1S/C21H26N2O5S/c1-4-28-21(25)15-9-11-29-20(15)22-19(24)13-23-10-5-6-17(23)16-12-14(26-2)7-8-18(16)27-3/h7-9,11-12,17H,4-6,10,13H2,1-3H3,(H,22,24)/t17-/m1/s1. The zero-order valence-corrected chi connectivity index (χ0v) is 17.7. The van der Waals surface area contributed by atoms with E-state index in [0.717, 1.165) is 36.4 Å². The van der Waals surface area contributed by atoms with Crippen molar-refractivity contribution in [3.05, 3.63) is 40.8 Å². The van der Waals surface area contributed by atoms with E-state index >= 15 is 0 Å². The first-order valence-electron chi connectivity index (χ1n) is 9.57. The van der Waals surface area contributed by atoms with Crippen LogP contribution in [0.2, 0.25) is 0 Å². The molecule has 1 aliphatic heterocycles. The minimum absolute atomic E-state index is 0.0682. The van der Waals surface area contributed by atoms with Crippen molar-refractivity contribution in [3.63, 3.8) is 0 Å². The minimum atomic E-state index is -0.427. The second-order valence-electron chi connectivity index (χ2n) is 6.67. The Balaban J connectivity index is 1.71. The predicted octanol–water partition coefficient (Wildman–Crippen LogP) is 3.72. The van der Waals surface area contributed by atoms with Gasteiger partial charge in [-0.15, -0.1) is 11.3 Å². The fraction of sp³-hybridized carbons (Fsp3) is 0.429. The number of esters is 1. The molecule has 7 nitrogen and oxygen atoms in total. The van der Waals surface area contributed by atoms with Crippen LogP contribution in [-0.4, -0.2) is 50.7 Å². The summed E-state index contributed by atoms with van der Waals surface area (Å²) in [6.45, 7) is 3.08. The molecule has 1 aliphatic rings. The topological polar surface area (TPSA) is 77.1 Å². The summed E-state index contributed by atoms with van der Waals surface area (Å²) in [6.07, 6.45) is 1.93. The Labute approximate surface area is 174 Å². The van der Waals surface area contributed by atoms with Crippen molar-refractivity contribution in [1.29, 1.82) is 0 Å². The molecule has 0 unspecified atom stereocenters. The Morgan fingerprint density at radius 3 is 2.79 bits per heavy atom. The number of thiophene rings is 1. The minimum Gasteiger partial charge on any atom is -0.497 e. The number of likely N-dealkylation sites (tertiary alicyclic amines) is 1. The maximum Gasteiger partial charge on any atom is 0.341 e. The van der Waals surface area contributed by atoms with E-state index in [4.69, 9.17) is 14.2 Å². The van der Waals surface area contributed by atoms with E-state index in [1.54, 1.807) is 32.6 Å². The average Bonchev–Trinajstić information content (AvgIpc) is 3.37. The third-order valence-electron chi connectivity index (χ3n) is 4.92. The molecule has 0 spiro atoms. The van der Waals surface area contributed by atoms with Gasteiger partial charge in [0.2, 0.25) is 5.91 Å². The van der Waals surface area contributed by atoms with Gasteiger partial charge in [-0.3, -0.25) is 9.69 Å². The number of hydrogen-bond donors (Lipinski definition) is 1. The molecule has 2 aromatic rings. The van der Waals surface area contributed by atoms with Crippen molar-refractivity contribution in [3.8, 4) is 11.5 Å². The molecular weight excluding hydrogens is 392 g/mol. The number of amides is 1. The number of nitrogens with zero attached hydrogens (tertiary/aromatic N) is 1. The molecule has 1 saturated heterocycles. The number of hydrogen-bond acceptors (Lipinski definition) is 7. The highest BCUT2D eigenvalue weighted by atomic mass is 32.1. The Hall–Kier alpha value is -2.58. The van der Waals surface area contributed by atoms with Crippen molar-refractivity contribution >= 4 is 28.2 Å². The zero-order chi connectivity index (χ0) is 20.8. The summed E-state index contributed by atoms with van der Waals surface area (Å²) in [5.74, 6) is 0.955. The molecule has 29 heavy (non-hydrogen) atoms. The van der Waals surface area contributed by atoms with E-state index in [2.05, 4.69) is 10.2 Å². The van der Waals surface area contributed by atoms with Crippen LogP contribution in [-0.2, 0) is 9.53 Å². The molecule has 0 saturated carbocycles. The maximum atomic E-state index is 12.7. The van der Waals surface area contributed by atoms with Crippen LogP contribution in [0, 0.1) is 0 Å². The van der Waals surface area contributed by atoms with E-state index in [1.165, 1.54) is 11.3 Å². The van der Waals surface area contributed by atoms with Crippen LogP contribution in [0.3, 0.4) is 0 Å². The lowest BCUT2D eigenvalue weighted by molar-refractivity contribution is -0.117. The molecule has 1 N–H and O–H groups in total. The first-order valence-corrected chi connectivity index (χ1v) is 10.5. The fourth-order valence-corrected chi connectivity index (χ4v) is 4.38. The van der Waals surface area contributed by atoms with Crippen LogP contribution in [0.25, 0.3) is 0 Å². The van der Waals surface area contributed by atoms with Gasteiger partial charge in [0.15, 0.2) is 0 Å². The van der Waals surface area contributed by atoms with Crippen molar-refractivity contribution in [2.75, 3.05) is 39.2 Å². The maximum absolute atomic E-state index is 12.7. The molecule has 0 bridgehead atoms. The summed E-state index contributed by atoms with van der Waals surface area (Å²) in [5, 5.41) is 5.14. The van der Waals surface area contributed by atoms with E-state index in [0.29, 0.717) is 17.2 Å². The Bertz CT molecular complexity index is 867. The normalized spacial score (nSPS) is 16.4. The zero-order valence-electron chi connectivity index (χ0n) is 16.9. The molecule has 1 aromatic heterocycles. The van der Waals surface area contributed by atoms with Crippen LogP contribution in [0.5, 0.6) is 11.5 Å². The van der Waals surface area contributed by atoms with Gasteiger partial charge in [0.1, 0.15) is 16.5 Å². The SMILES string of the molecule is CCOC(=O)c1ccsc1NC(=O)CN1CCC[C@@H]1c1cc(OC)ccc1OC. The van der Waals surface area contributed by atoms with Crippen LogP contribution >= 0.6 is 11.3 Å². The highest BCUT2D eigenvalue weighted by Gasteiger charge is 2.30. The fourth-order valence-electron chi connectivity index (χ4n) is 3.59. The van der Waals surface area contributed by atoms with Gasteiger partial charge in [0.05, 0.1) is 32.9 Å². The Morgan fingerprint density at radius 2 is 2.07 bits per heavy atom. The van der Waals surface area contributed by atoms with Crippen molar-refractivity contribution in [1.82, 2.24) is 4.90 Å². The lowest BCUT2D eigenvalue weighted by atomic mass is 10.0. The number of anilines is 1. The van der Waals surface area contributed by atoms with Crippen molar-refractivity contribution < 1.29 is 23.8 Å². The summed E-state index contributed by atoms with van der Waals surface area (Å²) in [6, 6.07) is 7.46. The molecular formula is C21H26N2O5S. The summed E-state index contributed by atoms with van der Waals surface area (Å²) in [5.41, 5.74) is 1.40. The summed E-state index contributed by atoms with van der Waals surface area (Å²) in [7, 11) is 3.28. The lowest BCUT2D eigenvalue weighted by Gasteiger charge is -2.26. The van der Waals surface area contributed by atoms with Gasteiger partial charge in [-0.1, -0.05) is 0 Å². The lowest BCUT2D eigenvalue weighted by Crippen LogP contribution is -2.33. The summed E-state index contributed by atoms with van der Waals surface area (Å²) >= 11 is 1.31. The highest BCUT2D eigenvalue weighted by Crippen LogP contribution is 2.38. The largest absolute Gasteiger partial charge is 0.497 e. The predicted molar refractivity (Wildman–Crippen MR) is 112 cm³/mol. The number of benzene rings is 1. The number of carbonyl (C=O) groups excluding carboxylic acids is 2. The molecule has 1 aromatic carbocycles. The quantitative estimate of drug-likeness (QED) is 0.659. The van der Waals surface area contributed by atoms with E-state index < -0.39 is 5.97 Å². The molecule has 8 heteroatoms. The second-order valence-corrected chi connectivity index (χ2v) is 7.58. The first-order chi connectivity index (χ1) is 14.1. The number of carbonyl (C=O) groups is 2. The molecule has 0 aliphatic carbocycles. The van der Waals surface area contributed by atoms with Gasteiger partial charge < -0.3 is 19.5 Å². The first kappa shape index (κ1) is 21.1. The molecule has 1 fully saturated rings. The summed E-state index contributed by atoms with van der Waals surface area (Å²) < 4.78 is 15.9. The molecule has 156 valence electrons. The van der Waals surface area contributed by atoms with Gasteiger partial charge in [0.25, 0.3) is 0 Å². The average molecular weight is 419 g/mol. The van der Waals surface area contributed by atoms with Gasteiger partial charge in [0, 0.05) is 11.6 Å². The van der Waals surface area contributed by atoms with Crippen molar-refractivity contribution in [2.45, 2.75) is 25.8 Å². The van der Waals surface area contributed by atoms with Gasteiger partial charge in [-0.2, -0.15) is 0 Å². The van der Waals surface area contributed by atoms with E-state index in [-0.39, 0.29) is 18.5 Å². The monoisotopic (exact) mass is 418 g/mol. The van der Waals surface area contributed by atoms with Crippen LogP contribution in [0.4, 0.5) is 5.00 Å². The highest BCUT2D eigenvalue weighted by molar-refractivity contribution is 7.14. The molecule has 1 atom stereocenters.